The van der Waals surface area contributed by atoms with Gasteiger partial charge in [-0.3, -0.25) is 19.2 Å². The molecule has 2 aliphatic heterocycles. The van der Waals surface area contributed by atoms with Gasteiger partial charge in [-0.15, -0.1) is 0 Å². The molecule has 1 aromatic rings. The molecule has 0 amide bonds. The summed E-state index contributed by atoms with van der Waals surface area (Å²) in [6.45, 7) is 8.52. The van der Waals surface area contributed by atoms with E-state index in [0.717, 1.165) is 41.9 Å². The number of aliphatic carboxylic acids is 2. The smallest absolute Gasteiger partial charge is 0.475 e. The summed E-state index contributed by atoms with van der Waals surface area (Å²) >= 11 is 0. The van der Waals surface area contributed by atoms with Crippen LogP contribution in [0.5, 0.6) is 0 Å². The van der Waals surface area contributed by atoms with E-state index in [0.29, 0.717) is 6.04 Å². The number of hydrogen-bond acceptors (Lipinski definition) is 24. The van der Waals surface area contributed by atoms with Crippen LogP contribution in [-0.4, -0.2) is 196 Å². The number of alkyl halides is 6. The molecule has 35 heteroatoms. The number of ether oxygens (including phenoxy) is 11. The highest BCUT2D eigenvalue weighted by Crippen LogP contribution is 2.40. The summed E-state index contributed by atoms with van der Waals surface area (Å²) in [7, 11) is 0.129. The highest BCUT2D eigenvalue weighted by molar-refractivity contribution is 6.76. The number of carboxylic acids is 2. The fraction of sp³-hybridized carbons (Fsp3) is 0.659. The predicted octanol–water partition coefficient (Wildman–Crippen LogP) is 2.22. The van der Waals surface area contributed by atoms with E-state index in [1.807, 2.05) is 19.6 Å². The predicted molar refractivity (Wildman–Crippen MR) is 250 cm³/mol. The normalized spacial score (nSPS) is 24.4. The van der Waals surface area contributed by atoms with Gasteiger partial charge in [0.2, 0.25) is 0 Å². The van der Waals surface area contributed by atoms with Gasteiger partial charge in [-0.2, -0.15) is 26.3 Å². The Bertz CT molecular complexity index is 2300. The summed E-state index contributed by atoms with van der Waals surface area (Å²) in [5.41, 5.74) is 22.9. The first-order chi connectivity index (χ1) is 36.3. The lowest BCUT2D eigenvalue weighted by atomic mass is 9.87. The van der Waals surface area contributed by atoms with Crippen molar-refractivity contribution in [1.82, 2.24) is 0 Å². The van der Waals surface area contributed by atoms with Crippen LogP contribution >= 0.6 is 0 Å². The Morgan fingerprint density at radius 3 is 1.66 bits per heavy atom. The zero-order chi connectivity index (χ0) is 61.0. The van der Waals surface area contributed by atoms with Gasteiger partial charge in [-0.05, 0) is 23.7 Å². The van der Waals surface area contributed by atoms with E-state index in [4.69, 9.17) is 83.4 Å². The molecule has 2 aliphatic rings. The van der Waals surface area contributed by atoms with Gasteiger partial charge in [-0.1, -0.05) is 43.0 Å². The number of benzene rings is 1. The number of carbonyl (C=O) groups excluding carboxylic acids is 7. The number of aliphatic hydroxyl groups excluding tert-OH is 1. The number of azide groups is 1. The second kappa shape index (κ2) is 30.6. The molecule has 0 saturated carbocycles. The Morgan fingerprint density at radius 1 is 0.747 bits per heavy atom. The van der Waals surface area contributed by atoms with Crippen molar-refractivity contribution in [1.29, 1.82) is 0 Å². The number of nitrogens with zero attached hydrogens (tertiary/aromatic N) is 3. The van der Waals surface area contributed by atoms with Gasteiger partial charge in [0, 0.05) is 47.3 Å². The minimum atomic E-state index is -5.08. The number of rotatable bonds is 21. The summed E-state index contributed by atoms with van der Waals surface area (Å²) in [5, 5.41) is 30.2. The van der Waals surface area contributed by atoms with Crippen molar-refractivity contribution < 1.29 is 137 Å². The molecule has 0 bridgehead atoms. The minimum Gasteiger partial charge on any atom is -0.475 e. The maximum absolute atomic E-state index is 14.1. The topological polar surface area (TPSA) is 417 Å². The van der Waals surface area contributed by atoms with Crippen molar-refractivity contribution in [3.63, 3.8) is 0 Å². The lowest BCUT2D eigenvalue weighted by Crippen LogP contribution is -2.70. The highest BCUT2D eigenvalue weighted by Gasteiger charge is 2.61. The molecular formula is C44H61F6N5O23Si. The van der Waals surface area contributed by atoms with Crippen molar-refractivity contribution >= 4 is 61.8 Å². The zero-order valence-corrected chi connectivity index (χ0v) is 44.7. The number of halogens is 6. The van der Waals surface area contributed by atoms with Gasteiger partial charge in [-0.25, -0.2) is 24.0 Å². The molecule has 79 heavy (non-hydrogen) atoms. The molecule has 0 aliphatic carbocycles. The lowest BCUT2D eigenvalue weighted by Gasteiger charge is -2.50. The van der Waals surface area contributed by atoms with Crippen molar-refractivity contribution in [2.75, 3.05) is 34.0 Å². The van der Waals surface area contributed by atoms with Gasteiger partial charge in [0.1, 0.15) is 37.1 Å². The summed E-state index contributed by atoms with van der Waals surface area (Å²) in [4.78, 5) is 111. The SMILES string of the molecule is COC(=O)[C@@]1(O[C@H](CN=[N+]=[N-])[C@@H](O)[C@@H]2O[C@@](OCC[Si](C)(C)C)(C(=O)OC)C[C@H](OC(=O)c3ccccc3)[C@H]2N)C[C@H](OC(C)=O)[C@@H](N)[C@H]([C@H](OC(C)=O)[C@@H](COC(C)=O)OC(C)=O)O1.O=C(O)C(F)(F)F.O=C(O)C(F)(F)F. The molecule has 7 N–H and O–H groups in total. The van der Waals surface area contributed by atoms with E-state index in [-0.39, 0.29) is 12.2 Å². The Kier molecular flexibility index (Phi) is 27.2. The highest BCUT2D eigenvalue weighted by atomic mass is 28.3. The average Bonchev–Trinajstić information content (AvgIpc) is 3.33. The average molecular weight is 1170 g/mol. The Morgan fingerprint density at radius 2 is 1.22 bits per heavy atom. The Hall–Kier alpha value is -6.72. The fourth-order valence-electron chi connectivity index (χ4n) is 7.05. The van der Waals surface area contributed by atoms with Crippen LogP contribution in [0.2, 0.25) is 25.7 Å². The number of hydrogen-bond donors (Lipinski definition) is 5. The van der Waals surface area contributed by atoms with E-state index in [2.05, 4.69) is 10.0 Å². The molecule has 2 saturated heterocycles. The number of carboxylic acid groups (broad SMARTS) is 2. The van der Waals surface area contributed by atoms with Crippen LogP contribution in [-0.2, 0) is 90.5 Å². The van der Waals surface area contributed by atoms with Crippen LogP contribution in [0.1, 0.15) is 50.9 Å². The van der Waals surface area contributed by atoms with Crippen LogP contribution in [0.3, 0.4) is 0 Å². The molecule has 3 rings (SSSR count). The first-order valence-electron chi connectivity index (χ1n) is 22.9. The molecule has 1 aromatic carbocycles. The molecule has 12 atom stereocenters. The van der Waals surface area contributed by atoms with Gasteiger partial charge in [0.25, 0.3) is 11.6 Å². The van der Waals surface area contributed by atoms with Crippen LogP contribution in [0.15, 0.2) is 35.4 Å². The van der Waals surface area contributed by atoms with Crippen LogP contribution < -0.4 is 11.5 Å². The van der Waals surface area contributed by atoms with E-state index < -0.39 is 173 Å². The molecule has 0 radical (unpaired) electrons. The van der Waals surface area contributed by atoms with E-state index in [9.17, 15) is 70.5 Å². The number of carbonyl (C=O) groups is 9. The standard InChI is InChI=1S/C40H59N5O19Si.2C2HF3O2/c1-21(46)56-20-29(59-23(3)48)33(60-24(4)49)35-31(42)26(58-22(2)47)18-40(64-35,38(53)55-6)62-28(19-44-45-43)32(50)34-30(41)27(61-36(51)25-13-11-10-12-14-25)17-39(63-34,37(52)54-5)57-15-16-65(7,8)9;2*3-2(4,5)1(6)7/h10-14,26-35,50H,15-20,41-42H2,1-9H3;2*(H,6,7)/t26-,27-,28+,29+,30+,31+,32+,33+,34+,35+,39+,40+;;/m0../s1. The van der Waals surface area contributed by atoms with Crippen LogP contribution in [0.4, 0.5) is 26.3 Å². The van der Waals surface area contributed by atoms with Crippen molar-refractivity contribution in [3.05, 3.63) is 46.3 Å². The summed E-state index contributed by atoms with van der Waals surface area (Å²) < 4.78 is 126. The molecule has 2 fully saturated rings. The van der Waals surface area contributed by atoms with Crippen molar-refractivity contribution in [2.24, 2.45) is 16.6 Å². The molecule has 446 valence electrons. The van der Waals surface area contributed by atoms with Crippen molar-refractivity contribution in [2.45, 2.75) is 151 Å². The third-order valence-electron chi connectivity index (χ3n) is 10.6. The second-order valence-electron chi connectivity index (χ2n) is 18.0. The number of nitrogens with two attached hydrogens (primary N) is 2. The molecule has 2 heterocycles. The van der Waals surface area contributed by atoms with Gasteiger partial charge in [0.15, 0.2) is 12.2 Å². The van der Waals surface area contributed by atoms with Gasteiger partial charge in [0.05, 0.1) is 57.4 Å². The Balaban J connectivity index is 0.00000196. The van der Waals surface area contributed by atoms with E-state index in [1.54, 1.807) is 18.2 Å². The number of methoxy groups -OCH3 is 2. The van der Waals surface area contributed by atoms with Crippen LogP contribution in [0, 0.1) is 0 Å². The maximum Gasteiger partial charge on any atom is 0.490 e. The summed E-state index contributed by atoms with van der Waals surface area (Å²) in [6.07, 6.45) is -25.9. The van der Waals surface area contributed by atoms with Crippen LogP contribution in [0.25, 0.3) is 10.4 Å². The van der Waals surface area contributed by atoms with Crippen molar-refractivity contribution in [3.8, 4) is 0 Å². The third kappa shape index (κ3) is 22.5. The quantitative estimate of drug-likeness (QED) is 0.0224. The molecule has 0 spiro atoms. The second-order valence-corrected chi connectivity index (χ2v) is 23.6. The summed E-state index contributed by atoms with van der Waals surface area (Å²) in [6, 6.07) is 5.22. The fourth-order valence-corrected chi connectivity index (χ4v) is 7.76. The minimum absolute atomic E-state index is 0.0609. The molecular weight excluding hydrogens is 1110 g/mol. The lowest BCUT2D eigenvalue weighted by molar-refractivity contribution is -0.341. The zero-order valence-electron chi connectivity index (χ0n) is 43.7. The monoisotopic (exact) mass is 1170 g/mol. The van der Waals surface area contributed by atoms with Gasteiger partial charge >= 0.3 is 66.1 Å². The maximum atomic E-state index is 14.1. The Labute approximate surface area is 446 Å². The first-order valence-corrected chi connectivity index (χ1v) is 26.6. The van der Waals surface area contributed by atoms with E-state index >= 15 is 0 Å². The molecule has 0 aromatic heterocycles. The summed E-state index contributed by atoms with van der Waals surface area (Å²) in [5.74, 6) is -17.8. The first kappa shape index (κ1) is 70.3. The largest absolute Gasteiger partial charge is 0.490 e. The molecule has 0 unspecified atom stereocenters. The number of aliphatic hydroxyl groups is 1. The van der Waals surface area contributed by atoms with Gasteiger partial charge < -0.3 is 78.9 Å². The number of esters is 7. The third-order valence-corrected chi connectivity index (χ3v) is 12.3. The molecule has 28 nitrogen and oxygen atoms in total. The van der Waals surface area contributed by atoms with E-state index in [1.165, 1.54) is 12.1 Å².